The number of aromatic nitrogens is 2. The van der Waals surface area contributed by atoms with Crippen molar-refractivity contribution in [2.45, 2.75) is 6.42 Å². The third-order valence-electron chi connectivity index (χ3n) is 4.34. The average molecular weight is 327 g/mol. The molecule has 0 spiro atoms. The van der Waals surface area contributed by atoms with Crippen LogP contribution in [0.2, 0.25) is 0 Å². The summed E-state index contributed by atoms with van der Waals surface area (Å²) < 4.78 is 5.39. The Hall–Kier alpha value is -2.34. The summed E-state index contributed by atoms with van der Waals surface area (Å²) in [6, 6.07) is 10.1. The molecule has 128 valence electrons. The van der Waals surface area contributed by atoms with Gasteiger partial charge in [-0.1, -0.05) is 18.2 Å². The third-order valence-corrected chi connectivity index (χ3v) is 4.34. The number of benzene rings is 1. The molecule has 0 aliphatic carbocycles. The van der Waals surface area contributed by atoms with Crippen molar-refractivity contribution in [1.29, 1.82) is 0 Å². The van der Waals surface area contributed by atoms with Crippen LogP contribution in [0.4, 0.5) is 11.8 Å². The maximum Gasteiger partial charge on any atom is 0.224 e. The molecular weight excluding hydrogens is 302 g/mol. The molecule has 6 heteroatoms. The molecule has 6 nitrogen and oxygen atoms in total. The van der Waals surface area contributed by atoms with E-state index in [1.807, 2.05) is 30.5 Å². The summed E-state index contributed by atoms with van der Waals surface area (Å²) in [5, 5.41) is 3.32. The molecule has 0 amide bonds. The maximum absolute atomic E-state index is 5.39. The molecule has 0 radical (unpaired) electrons. The SMILES string of the molecule is COc1ccccc1CCNc1nccc(N2CCN(C)CC2)n1. The first kappa shape index (κ1) is 16.5. The minimum Gasteiger partial charge on any atom is -0.496 e. The molecule has 24 heavy (non-hydrogen) atoms. The molecule has 0 bridgehead atoms. The predicted molar refractivity (Wildman–Crippen MR) is 96.9 cm³/mol. The standard InChI is InChI=1S/C18H25N5O/c1-22-11-13-23(14-12-22)17-8-10-20-18(21-17)19-9-7-15-5-3-4-6-16(15)24-2/h3-6,8,10H,7,9,11-14H2,1-2H3,(H,19,20,21). The van der Waals surface area contributed by atoms with Crippen LogP contribution in [0.1, 0.15) is 5.56 Å². The van der Waals surface area contributed by atoms with Crippen LogP contribution in [0.3, 0.4) is 0 Å². The van der Waals surface area contributed by atoms with Gasteiger partial charge in [-0.3, -0.25) is 0 Å². The van der Waals surface area contributed by atoms with Crippen molar-refractivity contribution in [2.75, 3.05) is 57.1 Å². The summed E-state index contributed by atoms with van der Waals surface area (Å²) in [5.74, 6) is 2.60. The Morgan fingerprint density at radius 3 is 2.71 bits per heavy atom. The molecule has 1 saturated heterocycles. The molecule has 3 rings (SSSR count). The van der Waals surface area contributed by atoms with Gasteiger partial charge in [0.25, 0.3) is 0 Å². The second kappa shape index (κ2) is 7.97. The van der Waals surface area contributed by atoms with E-state index in [4.69, 9.17) is 4.74 Å². The van der Waals surface area contributed by atoms with Gasteiger partial charge in [-0.05, 0) is 31.2 Å². The number of piperazine rings is 1. The molecule has 2 aromatic rings. The van der Waals surface area contributed by atoms with Crippen molar-refractivity contribution < 1.29 is 4.74 Å². The van der Waals surface area contributed by atoms with Crippen LogP contribution in [0.15, 0.2) is 36.5 Å². The van der Waals surface area contributed by atoms with E-state index in [0.29, 0.717) is 5.95 Å². The highest BCUT2D eigenvalue weighted by molar-refractivity contribution is 5.43. The van der Waals surface area contributed by atoms with Gasteiger partial charge < -0.3 is 19.9 Å². The van der Waals surface area contributed by atoms with Gasteiger partial charge in [0.05, 0.1) is 7.11 Å². The number of ether oxygens (including phenoxy) is 1. The molecular formula is C18H25N5O. The van der Waals surface area contributed by atoms with E-state index >= 15 is 0 Å². The smallest absolute Gasteiger partial charge is 0.224 e. The minimum absolute atomic E-state index is 0.682. The van der Waals surface area contributed by atoms with Gasteiger partial charge in [-0.25, -0.2) is 4.98 Å². The largest absolute Gasteiger partial charge is 0.496 e. The first-order chi connectivity index (χ1) is 11.8. The summed E-state index contributed by atoms with van der Waals surface area (Å²) in [5.41, 5.74) is 1.18. The fourth-order valence-electron chi connectivity index (χ4n) is 2.86. The summed E-state index contributed by atoms with van der Waals surface area (Å²) in [6.45, 7) is 4.93. The van der Waals surface area contributed by atoms with Crippen LogP contribution < -0.4 is 15.0 Å². The molecule has 1 aromatic carbocycles. The number of anilines is 2. The molecule has 0 atom stereocenters. The van der Waals surface area contributed by atoms with Gasteiger partial charge in [0, 0.05) is 38.9 Å². The fraction of sp³-hybridized carbons (Fsp3) is 0.444. The average Bonchev–Trinajstić information content (AvgIpc) is 2.63. The Kier molecular flexibility index (Phi) is 5.48. The highest BCUT2D eigenvalue weighted by Gasteiger charge is 2.15. The Labute approximate surface area is 143 Å². The molecule has 1 fully saturated rings. The molecule has 2 heterocycles. The van der Waals surface area contributed by atoms with Crippen LogP contribution in [0.5, 0.6) is 5.75 Å². The van der Waals surface area contributed by atoms with Gasteiger partial charge in [-0.15, -0.1) is 0 Å². The molecule has 0 saturated carbocycles. The van der Waals surface area contributed by atoms with E-state index in [1.165, 1.54) is 5.56 Å². The van der Waals surface area contributed by atoms with Gasteiger partial charge in [-0.2, -0.15) is 4.98 Å². The van der Waals surface area contributed by atoms with Crippen molar-refractivity contribution >= 4 is 11.8 Å². The monoisotopic (exact) mass is 327 g/mol. The lowest BCUT2D eigenvalue weighted by atomic mass is 10.1. The summed E-state index contributed by atoms with van der Waals surface area (Å²) in [7, 11) is 3.86. The first-order valence-corrected chi connectivity index (χ1v) is 8.38. The van der Waals surface area contributed by atoms with Crippen LogP contribution in [-0.4, -0.2) is 61.7 Å². The van der Waals surface area contributed by atoms with E-state index in [0.717, 1.165) is 50.7 Å². The zero-order chi connectivity index (χ0) is 16.8. The van der Waals surface area contributed by atoms with Gasteiger partial charge in [0.2, 0.25) is 5.95 Å². The van der Waals surface area contributed by atoms with Crippen LogP contribution in [0, 0.1) is 0 Å². The lowest BCUT2D eigenvalue weighted by Gasteiger charge is -2.33. The predicted octanol–water partition coefficient (Wildman–Crippen LogP) is 1.89. The lowest BCUT2D eigenvalue weighted by molar-refractivity contribution is 0.312. The Morgan fingerprint density at radius 2 is 1.92 bits per heavy atom. The normalized spacial score (nSPS) is 15.3. The van der Waals surface area contributed by atoms with Crippen LogP contribution >= 0.6 is 0 Å². The second-order valence-corrected chi connectivity index (χ2v) is 6.02. The zero-order valence-corrected chi connectivity index (χ0v) is 14.4. The highest BCUT2D eigenvalue weighted by atomic mass is 16.5. The lowest BCUT2D eigenvalue weighted by Crippen LogP contribution is -2.44. The van der Waals surface area contributed by atoms with E-state index in [9.17, 15) is 0 Å². The zero-order valence-electron chi connectivity index (χ0n) is 14.4. The van der Waals surface area contributed by atoms with Crippen molar-refractivity contribution in [3.63, 3.8) is 0 Å². The van der Waals surface area contributed by atoms with E-state index in [1.54, 1.807) is 7.11 Å². The Balaban J connectivity index is 1.57. The van der Waals surface area contributed by atoms with E-state index in [-0.39, 0.29) is 0 Å². The molecule has 1 aliphatic heterocycles. The third kappa shape index (κ3) is 4.14. The molecule has 0 unspecified atom stereocenters. The number of nitrogens with zero attached hydrogens (tertiary/aromatic N) is 4. The molecule has 1 aromatic heterocycles. The summed E-state index contributed by atoms with van der Waals surface area (Å²) >= 11 is 0. The number of methoxy groups -OCH3 is 1. The number of hydrogen-bond acceptors (Lipinski definition) is 6. The van der Waals surface area contributed by atoms with Crippen molar-refractivity contribution in [3.8, 4) is 5.75 Å². The number of hydrogen-bond donors (Lipinski definition) is 1. The highest BCUT2D eigenvalue weighted by Crippen LogP contribution is 2.18. The van der Waals surface area contributed by atoms with Crippen molar-refractivity contribution in [3.05, 3.63) is 42.1 Å². The Bertz CT molecular complexity index is 655. The second-order valence-electron chi connectivity index (χ2n) is 6.02. The number of likely N-dealkylation sites (N-methyl/N-ethyl adjacent to an activating group) is 1. The topological polar surface area (TPSA) is 53.5 Å². The van der Waals surface area contributed by atoms with E-state index in [2.05, 4.69) is 38.2 Å². The number of para-hydroxylation sites is 1. The van der Waals surface area contributed by atoms with Gasteiger partial charge in [0.1, 0.15) is 11.6 Å². The molecule has 1 N–H and O–H groups in total. The number of nitrogens with one attached hydrogen (secondary N) is 1. The first-order valence-electron chi connectivity index (χ1n) is 8.38. The minimum atomic E-state index is 0.682. The quantitative estimate of drug-likeness (QED) is 0.874. The van der Waals surface area contributed by atoms with Gasteiger partial charge in [0.15, 0.2) is 0 Å². The molecule has 1 aliphatic rings. The van der Waals surface area contributed by atoms with E-state index < -0.39 is 0 Å². The van der Waals surface area contributed by atoms with Crippen LogP contribution in [0.25, 0.3) is 0 Å². The number of rotatable bonds is 6. The Morgan fingerprint density at radius 1 is 1.12 bits per heavy atom. The maximum atomic E-state index is 5.39. The van der Waals surface area contributed by atoms with Gasteiger partial charge >= 0.3 is 0 Å². The summed E-state index contributed by atoms with van der Waals surface area (Å²) in [6.07, 6.45) is 2.69. The fourth-order valence-corrected chi connectivity index (χ4v) is 2.86. The van der Waals surface area contributed by atoms with Crippen LogP contribution in [-0.2, 0) is 6.42 Å². The summed E-state index contributed by atoms with van der Waals surface area (Å²) in [4.78, 5) is 13.6. The van der Waals surface area contributed by atoms with Crippen molar-refractivity contribution in [1.82, 2.24) is 14.9 Å². The van der Waals surface area contributed by atoms with Crippen molar-refractivity contribution in [2.24, 2.45) is 0 Å².